The van der Waals surface area contributed by atoms with Gasteiger partial charge in [-0.25, -0.2) is 9.97 Å². The third-order valence-corrected chi connectivity index (χ3v) is 8.00. The molecule has 5 rings (SSSR count). The van der Waals surface area contributed by atoms with Crippen molar-refractivity contribution in [2.75, 3.05) is 44.3 Å². The van der Waals surface area contributed by atoms with Gasteiger partial charge in [-0.15, -0.1) is 11.3 Å². The minimum atomic E-state index is -0.169. The predicted octanol–water partition coefficient (Wildman–Crippen LogP) is 2.35. The van der Waals surface area contributed by atoms with Crippen LogP contribution in [0.4, 0.5) is 5.82 Å². The molecule has 2 aromatic heterocycles. The molecule has 1 amide bonds. The molecule has 2 fully saturated rings. The fourth-order valence-corrected chi connectivity index (χ4v) is 6.40. The van der Waals surface area contributed by atoms with Gasteiger partial charge in [-0.3, -0.25) is 9.69 Å². The quantitative estimate of drug-likeness (QED) is 0.803. The fourth-order valence-electron chi connectivity index (χ4n) is 5.00. The standard InChI is InChI=1S/C22H31N5O2S/c1-14-2-3-16-17(12-14)30-22-19(16)21(27-6-4-15(5-7-27)20(23)28)24-18(25-22)13-26-8-10-29-11-9-26/h14-15H,2-13H2,1H3,(H2,23,28)/t14-/m0/s1. The SMILES string of the molecule is C[C@H]1CCc2c(sc3nc(CN4CCOCC4)nc(N4CCC(C(N)=O)CC4)c23)C1. The molecular formula is C22H31N5O2S. The zero-order valence-corrected chi connectivity index (χ0v) is 18.5. The van der Waals surface area contributed by atoms with Gasteiger partial charge in [0.25, 0.3) is 0 Å². The van der Waals surface area contributed by atoms with Crippen LogP contribution in [0.15, 0.2) is 0 Å². The first kappa shape index (κ1) is 20.2. The summed E-state index contributed by atoms with van der Waals surface area (Å²) in [5.74, 6) is 2.54. The van der Waals surface area contributed by atoms with Gasteiger partial charge >= 0.3 is 0 Å². The summed E-state index contributed by atoms with van der Waals surface area (Å²) in [6.07, 6.45) is 5.12. The lowest BCUT2D eigenvalue weighted by atomic mass is 9.89. The first-order valence-corrected chi connectivity index (χ1v) is 12.1. The Kier molecular flexibility index (Phi) is 5.64. The van der Waals surface area contributed by atoms with E-state index in [1.807, 2.05) is 11.3 Å². The summed E-state index contributed by atoms with van der Waals surface area (Å²) in [6.45, 7) is 8.19. The highest BCUT2D eigenvalue weighted by molar-refractivity contribution is 7.19. The summed E-state index contributed by atoms with van der Waals surface area (Å²) in [5.41, 5.74) is 7.03. The van der Waals surface area contributed by atoms with Crippen LogP contribution in [0.25, 0.3) is 10.2 Å². The molecule has 30 heavy (non-hydrogen) atoms. The number of anilines is 1. The molecule has 0 radical (unpaired) electrons. The van der Waals surface area contributed by atoms with E-state index >= 15 is 0 Å². The number of carbonyl (C=O) groups is 1. The smallest absolute Gasteiger partial charge is 0.220 e. The number of aryl methyl sites for hydroxylation is 1. The number of aromatic nitrogens is 2. The van der Waals surface area contributed by atoms with Gasteiger partial charge in [-0.05, 0) is 43.6 Å². The molecule has 0 bridgehead atoms. The van der Waals surface area contributed by atoms with Crippen LogP contribution in [0.5, 0.6) is 0 Å². The van der Waals surface area contributed by atoms with Crippen molar-refractivity contribution in [3.63, 3.8) is 0 Å². The number of hydrogen-bond donors (Lipinski definition) is 1. The van der Waals surface area contributed by atoms with Crippen molar-refractivity contribution in [3.05, 3.63) is 16.3 Å². The van der Waals surface area contributed by atoms with Gasteiger partial charge in [0.05, 0.1) is 25.1 Å². The summed E-state index contributed by atoms with van der Waals surface area (Å²) in [4.78, 5) is 29.1. The number of hydrogen-bond acceptors (Lipinski definition) is 7. The van der Waals surface area contributed by atoms with Crippen LogP contribution in [0.2, 0.25) is 0 Å². The van der Waals surface area contributed by atoms with Crippen LogP contribution in [0.1, 0.15) is 42.5 Å². The van der Waals surface area contributed by atoms with Crippen molar-refractivity contribution in [2.24, 2.45) is 17.6 Å². The van der Waals surface area contributed by atoms with E-state index in [0.717, 1.165) is 94.0 Å². The van der Waals surface area contributed by atoms with Crippen LogP contribution in [0, 0.1) is 11.8 Å². The topological polar surface area (TPSA) is 84.6 Å². The average Bonchev–Trinajstić information content (AvgIpc) is 3.11. The third kappa shape index (κ3) is 3.92. The van der Waals surface area contributed by atoms with E-state index in [4.69, 9.17) is 20.4 Å². The van der Waals surface area contributed by atoms with Gasteiger partial charge in [-0.2, -0.15) is 0 Å². The van der Waals surface area contributed by atoms with Gasteiger partial charge in [0.1, 0.15) is 16.5 Å². The first-order chi connectivity index (χ1) is 14.6. The lowest BCUT2D eigenvalue weighted by Gasteiger charge is -2.32. The van der Waals surface area contributed by atoms with E-state index in [-0.39, 0.29) is 11.8 Å². The molecule has 7 nitrogen and oxygen atoms in total. The lowest BCUT2D eigenvalue weighted by Crippen LogP contribution is -2.39. The number of amides is 1. The zero-order valence-electron chi connectivity index (χ0n) is 17.7. The maximum Gasteiger partial charge on any atom is 0.220 e. The monoisotopic (exact) mass is 429 g/mol. The lowest BCUT2D eigenvalue weighted by molar-refractivity contribution is -0.122. The molecule has 3 aliphatic rings. The molecule has 4 heterocycles. The van der Waals surface area contributed by atoms with Gasteiger partial charge in [0.15, 0.2) is 0 Å². The predicted molar refractivity (Wildman–Crippen MR) is 119 cm³/mol. The zero-order chi connectivity index (χ0) is 20.7. The first-order valence-electron chi connectivity index (χ1n) is 11.2. The molecule has 0 aromatic carbocycles. The van der Waals surface area contributed by atoms with E-state index in [1.54, 1.807) is 0 Å². The van der Waals surface area contributed by atoms with Gasteiger partial charge in [0.2, 0.25) is 5.91 Å². The number of ether oxygens (including phenoxy) is 1. The van der Waals surface area contributed by atoms with E-state index in [1.165, 1.54) is 22.2 Å². The second-order valence-electron chi connectivity index (χ2n) is 9.05. The number of thiophene rings is 1. The largest absolute Gasteiger partial charge is 0.379 e. The van der Waals surface area contributed by atoms with Crippen LogP contribution in [-0.2, 0) is 28.9 Å². The van der Waals surface area contributed by atoms with Gasteiger partial charge < -0.3 is 15.4 Å². The van der Waals surface area contributed by atoms with Gasteiger partial charge in [0, 0.05) is 37.0 Å². The Morgan fingerprint density at radius 2 is 1.93 bits per heavy atom. The van der Waals surface area contributed by atoms with Crippen molar-refractivity contribution in [1.29, 1.82) is 0 Å². The normalized spacial score (nSPS) is 23.6. The minimum Gasteiger partial charge on any atom is -0.379 e. The summed E-state index contributed by atoms with van der Waals surface area (Å²) in [7, 11) is 0. The van der Waals surface area contributed by atoms with Crippen molar-refractivity contribution in [2.45, 2.75) is 45.6 Å². The average molecular weight is 430 g/mol. The van der Waals surface area contributed by atoms with E-state index in [0.29, 0.717) is 0 Å². The Hall–Kier alpha value is -1.77. The molecule has 8 heteroatoms. The summed E-state index contributed by atoms with van der Waals surface area (Å²) in [5, 5.41) is 1.27. The Morgan fingerprint density at radius 1 is 1.17 bits per heavy atom. The molecule has 1 aliphatic carbocycles. The molecule has 0 saturated carbocycles. The number of rotatable bonds is 4. The highest BCUT2D eigenvalue weighted by atomic mass is 32.1. The van der Waals surface area contributed by atoms with Gasteiger partial charge in [-0.1, -0.05) is 6.92 Å². The maximum absolute atomic E-state index is 11.6. The highest BCUT2D eigenvalue weighted by Crippen LogP contribution is 2.41. The molecule has 0 unspecified atom stereocenters. The number of nitrogens with zero attached hydrogens (tertiary/aromatic N) is 4. The molecule has 2 aliphatic heterocycles. The van der Waals surface area contributed by atoms with Crippen molar-refractivity contribution in [3.8, 4) is 0 Å². The Morgan fingerprint density at radius 3 is 2.67 bits per heavy atom. The Balaban J connectivity index is 1.51. The number of piperidine rings is 1. The number of carbonyl (C=O) groups excluding carboxylic acids is 1. The maximum atomic E-state index is 11.6. The molecule has 2 aromatic rings. The Bertz CT molecular complexity index is 931. The molecular weight excluding hydrogens is 398 g/mol. The number of fused-ring (bicyclic) bond motifs is 3. The molecule has 2 saturated heterocycles. The summed E-state index contributed by atoms with van der Waals surface area (Å²) < 4.78 is 5.49. The van der Waals surface area contributed by atoms with Crippen LogP contribution in [-0.4, -0.2) is 60.2 Å². The van der Waals surface area contributed by atoms with Crippen LogP contribution >= 0.6 is 11.3 Å². The van der Waals surface area contributed by atoms with Crippen LogP contribution < -0.4 is 10.6 Å². The summed E-state index contributed by atoms with van der Waals surface area (Å²) in [6, 6.07) is 0. The molecule has 162 valence electrons. The number of nitrogens with two attached hydrogens (primary N) is 1. The Labute approximate surface area is 181 Å². The number of primary amides is 1. The van der Waals surface area contributed by atoms with Crippen LogP contribution in [0.3, 0.4) is 0 Å². The molecule has 2 N–H and O–H groups in total. The molecule has 1 atom stereocenters. The number of morpholine rings is 1. The fraction of sp³-hybridized carbons (Fsp3) is 0.682. The van der Waals surface area contributed by atoms with Crippen molar-refractivity contribution in [1.82, 2.24) is 14.9 Å². The van der Waals surface area contributed by atoms with Crippen molar-refractivity contribution >= 4 is 33.3 Å². The van der Waals surface area contributed by atoms with E-state index in [2.05, 4.69) is 16.7 Å². The summed E-state index contributed by atoms with van der Waals surface area (Å²) >= 11 is 1.87. The highest BCUT2D eigenvalue weighted by Gasteiger charge is 2.29. The van der Waals surface area contributed by atoms with E-state index in [9.17, 15) is 4.79 Å². The van der Waals surface area contributed by atoms with Crippen molar-refractivity contribution < 1.29 is 9.53 Å². The third-order valence-electron chi connectivity index (χ3n) is 6.85. The minimum absolute atomic E-state index is 0.0105. The second-order valence-corrected chi connectivity index (χ2v) is 10.1. The van der Waals surface area contributed by atoms with E-state index < -0.39 is 0 Å². The second kappa shape index (κ2) is 8.40. The molecule has 0 spiro atoms.